The Bertz CT molecular complexity index is 574. The smallest absolute Gasteiger partial charge is 0.471 e. The number of nitrogens with one attached hydrogen (secondary N) is 2. The van der Waals surface area contributed by atoms with E-state index in [1.807, 2.05) is 26.0 Å². The van der Waals surface area contributed by atoms with Gasteiger partial charge in [-0.1, -0.05) is 32.0 Å². The SMILES string of the molecule is CC(Oc1ccccc1C(C)C)C(=O)NCCNC(=O)C(F)(F)F. The second-order valence-corrected chi connectivity index (χ2v) is 5.50. The van der Waals surface area contributed by atoms with Gasteiger partial charge in [-0.05, 0) is 24.5 Å². The summed E-state index contributed by atoms with van der Waals surface area (Å²) < 4.78 is 41.6. The molecule has 0 aromatic heterocycles. The first kappa shape index (κ1) is 19.8. The highest BCUT2D eigenvalue weighted by atomic mass is 19.4. The zero-order chi connectivity index (χ0) is 18.3. The average molecular weight is 346 g/mol. The standard InChI is InChI=1S/C16H21F3N2O3/c1-10(2)12-6-4-5-7-13(12)24-11(3)14(22)20-8-9-21-15(23)16(17,18)19/h4-7,10-11H,8-9H2,1-3H3,(H,20,22)(H,21,23). The van der Waals surface area contributed by atoms with E-state index in [1.165, 1.54) is 0 Å². The zero-order valence-corrected chi connectivity index (χ0v) is 13.7. The van der Waals surface area contributed by atoms with Crippen LogP contribution < -0.4 is 15.4 Å². The van der Waals surface area contributed by atoms with E-state index in [-0.39, 0.29) is 19.0 Å². The average Bonchev–Trinajstić information content (AvgIpc) is 2.50. The lowest BCUT2D eigenvalue weighted by Crippen LogP contribution is -2.43. The van der Waals surface area contributed by atoms with Crippen molar-refractivity contribution in [3.63, 3.8) is 0 Å². The minimum atomic E-state index is -4.93. The Balaban J connectivity index is 2.45. The second-order valence-electron chi connectivity index (χ2n) is 5.50. The Labute approximate surface area is 138 Å². The molecular weight excluding hydrogens is 325 g/mol. The molecule has 0 heterocycles. The van der Waals surface area contributed by atoms with Crippen LogP contribution in [0.3, 0.4) is 0 Å². The predicted octanol–water partition coefficient (Wildman–Crippen LogP) is 2.37. The molecule has 0 saturated heterocycles. The van der Waals surface area contributed by atoms with Crippen molar-refractivity contribution in [1.82, 2.24) is 10.6 Å². The van der Waals surface area contributed by atoms with Crippen LogP contribution in [0.2, 0.25) is 0 Å². The van der Waals surface area contributed by atoms with Gasteiger partial charge in [-0.3, -0.25) is 9.59 Å². The fraction of sp³-hybridized carbons (Fsp3) is 0.500. The molecule has 8 heteroatoms. The lowest BCUT2D eigenvalue weighted by Gasteiger charge is -2.18. The maximum absolute atomic E-state index is 12.0. The largest absolute Gasteiger partial charge is 0.481 e. The summed E-state index contributed by atoms with van der Waals surface area (Å²) in [5.74, 6) is -1.71. The van der Waals surface area contributed by atoms with Crippen LogP contribution in [0.15, 0.2) is 24.3 Å². The predicted molar refractivity (Wildman–Crippen MR) is 82.7 cm³/mol. The number of alkyl halides is 3. The number of ether oxygens (including phenoxy) is 1. The number of hydrogen-bond acceptors (Lipinski definition) is 3. The van der Waals surface area contributed by atoms with E-state index in [0.717, 1.165) is 5.56 Å². The lowest BCUT2D eigenvalue weighted by atomic mass is 10.0. The number of halogens is 3. The zero-order valence-electron chi connectivity index (χ0n) is 13.7. The van der Waals surface area contributed by atoms with Crippen molar-refractivity contribution in [3.05, 3.63) is 29.8 Å². The molecule has 1 aromatic rings. The van der Waals surface area contributed by atoms with Gasteiger partial charge in [-0.2, -0.15) is 13.2 Å². The summed E-state index contributed by atoms with van der Waals surface area (Å²) in [5, 5.41) is 4.08. The molecule has 0 bridgehead atoms. The summed E-state index contributed by atoms with van der Waals surface area (Å²) in [6.45, 7) is 5.09. The van der Waals surface area contributed by atoms with Crippen molar-refractivity contribution in [2.75, 3.05) is 13.1 Å². The van der Waals surface area contributed by atoms with E-state index in [0.29, 0.717) is 5.75 Å². The van der Waals surface area contributed by atoms with Crippen LogP contribution in [-0.4, -0.2) is 37.2 Å². The topological polar surface area (TPSA) is 67.4 Å². The van der Waals surface area contributed by atoms with Crippen molar-refractivity contribution in [3.8, 4) is 5.75 Å². The molecule has 2 amide bonds. The highest BCUT2D eigenvalue weighted by molar-refractivity contribution is 5.82. The van der Waals surface area contributed by atoms with Crippen molar-refractivity contribution in [2.24, 2.45) is 0 Å². The normalized spacial score (nSPS) is 12.6. The number of rotatable bonds is 7. The van der Waals surface area contributed by atoms with Gasteiger partial charge in [0.15, 0.2) is 6.10 Å². The van der Waals surface area contributed by atoms with E-state index in [1.54, 1.807) is 24.4 Å². The number of hydrogen-bond donors (Lipinski definition) is 2. The quantitative estimate of drug-likeness (QED) is 0.745. The Morgan fingerprint density at radius 1 is 1.08 bits per heavy atom. The van der Waals surface area contributed by atoms with E-state index < -0.39 is 24.1 Å². The molecule has 24 heavy (non-hydrogen) atoms. The molecule has 0 aliphatic rings. The third-order valence-corrected chi connectivity index (χ3v) is 3.18. The Kier molecular flexibility index (Phi) is 7.06. The second kappa shape index (κ2) is 8.56. The first-order valence-electron chi connectivity index (χ1n) is 7.51. The molecule has 0 aliphatic heterocycles. The van der Waals surface area contributed by atoms with Gasteiger partial charge in [0.25, 0.3) is 5.91 Å². The number of carbonyl (C=O) groups excluding carboxylic acids is 2. The molecule has 5 nitrogen and oxygen atoms in total. The van der Waals surface area contributed by atoms with Crippen LogP contribution in [-0.2, 0) is 9.59 Å². The molecule has 0 aliphatic carbocycles. The minimum Gasteiger partial charge on any atom is -0.481 e. The van der Waals surface area contributed by atoms with E-state index in [9.17, 15) is 22.8 Å². The molecule has 1 atom stereocenters. The fourth-order valence-electron chi connectivity index (χ4n) is 1.91. The molecule has 1 aromatic carbocycles. The minimum absolute atomic E-state index is 0.125. The van der Waals surface area contributed by atoms with Crippen LogP contribution in [0, 0.1) is 0 Å². The summed E-state index contributed by atoms with van der Waals surface area (Å²) >= 11 is 0. The lowest BCUT2D eigenvalue weighted by molar-refractivity contribution is -0.173. The van der Waals surface area contributed by atoms with Crippen molar-refractivity contribution < 1.29 is 27.5 Å². The van der Waals surface area contributed by atoms with Crippen LogP contribution in [0.1, 0.15) is 32.3 Å². The first-order valence-corrected chi connectivity index (χ1v) is 7.51. The molecular formula is C16H21F3N2O3. The van der Waals surface area contributed by atoms with E-state index >= 15 is 0 Å². The first-order chi connectivity index (χ1) is 11.1. The van der Waals surface area contributed by atoms with Gasteiger partial charge in [-0.25, -0.2) is 0 Å². The summed E-state index contributed by atoms with van der Waals surface area (Å²) in [6.07, 6.45) is -5.75. The van der Waals surface area contributed by atoms with Crippen LogP contribution in [0.25, 0.3) is 0 Å². The molecule has 0 saturated carbocycles. The maximum Gasteiger partial charge on any atom is 0.471 e. The van der Waals surface area contributed by atoms with Gasteiger partial charge < -0.3 is 15.4 Å². The highest BCUT2D eigenvalue weighted by Gasteiger charge is 2.38. The van der Waals surface area contributed by atoms with Gasteiger partial charge in [0.1, 0.15) is 5.75 Å². The molecule has 1 rings (SSSR count). The van der Waals surface area contributed by atoms with Gasteiger partial charge in [0.05, 0.1) is 0 Å². The molecule has 0 spiro atoms. The van der Waals surface area contributed by atoms with Crippen LogP contribution in [0.4, 0.5) is 13.2 Å². The third kappa shape index (κ3) is 6.10. The summed E-state index contributed by atoms with van der Waals surface area (Å²) in [6, 6.07) is 7.31. The van der Waals surface area contributed by atoms with Crippen LogP contribution >= 0.6 is 0 Å². The number of benzene rings is 1. The molecule has 0 fully saturated rings. The van der Waals surface area contributed by atoms with Crippen molar-refractivity contribution in [1.29, 1.82) is 0 Å². The molecule has 1 unspecified atom stereocenters. The fourth-order valence-corrected chi connectivity index (χ4v) is 1.91. The summed E-state index contributed by atoms with van der Waals surface area (Å²) in [7, 11) is 0. The van der Waals surface area contributed by atoms with Crippen molar-refractivity contribution >= 4 is 11.8 Å². The number of amides is 2. The van der Waals surface area contributed by atoms with Crippen molar-refractivity contribution in [2.45, 2.75) is 39.0 Å². The highest BCUT2D eigenvalue weighted by Crippen LogP contribution is 2.26. The summed E-state index contributed by atoms with van der Waals surface area (Å²) in [4.78, 5) is 22.5. The Hall–Kier alpha value is -2.25. The van der Waals surface area contributed by atoms with Gasteiger partial charge >= 0.3 is 12.1 Å². The summed E-state index contributed by atoms with van der Waals surface area (Å²) in [5.41, 5.74) is 0.953. The molecule has 134 valence electrons. The third-order valence-electron chi connectivity index (χ3n) is 3.18. The maximum atomic E-state index is 12.0. The molecule has 2 N–H and O–H groups in total. The monoisotopic (exact) mass is 346 g/mol. The van der Waals surface area contributed by atoms with Gasteiger partial charge in [0.2, 0.25) is 0 Å². The number of para-hydroxylation sites is 1. The Morgan fingerprint density at radius 3 is 2.25 bits per heavy atom. The van der Waals surface area contributed by atoms with E-state index in [4.69, 9.17) is 4.74 Å². The number of carbonyl (C=O) groups is 2. The Morgan fingerprint density at radius 2 is 1.67 bits per heavy atom. The molecule has 0 radical (unpaired) electrons. The van der Waals surface area contributed by atoms with Gasteiger partial charge in [0, 0.05) is 13.1 Å². The van der Waals surface area contributed by atoms with Crippen LogP contribution in [0.5, 0.6) is 5.75 Å². The van der Waals surface area contributed by atoms with Gasteiger partial charge in [-0.15, -0.1) is 0 Å². The van der Waals surface area contributed by atoms with E-state index in [2.05, 4.69) is 5.32 Å².